The number of hydrogen-bond acceptors (Lipinski definition) is 4. The fraction of sp³-hybridized carbons (Fsp3) is 0.462. The fourth-order valence-electron chi connectivity index (χ4n) is 2.11. The van der Waals surface area contributed by atoms with Gasteiger partial charge in [0.1, 0.15) is 6.04 Å². The van der Waals surface area contributed by atoms with Gasteiger partial charge in [0.2, 0.25) is 5.91 Å². The molecule has 0 saturated carbocycles. The third-order valence-electron chi connectivity index (χ3n) is 3.22. The lowest BCUT2D eigenvalue weighted by atomic mass is 10.1. The highest BCUT2D eigenvalue weighted by molar-refractivity contribution is 5.98. The van der Waals surface area contributed by atoms with Crippen LogP contribution in [0.3, 0.4) is 0 Å². The molecule has 1 fully saturated rings. The van der Waals surface area contributed by atoms with Gasteiger partial charge >= 0.3 is 0 Å². The van der Waals surface area contributed by atoms with Gasteiger partial charge in [-0.05, 0) is 19.9 Å². The summed E-state index contributed by atoms with van der Waals surface area (Å²) in [5.41, 5.74) is -0.0718. The second-order valence-electron chi connectivity index (χ2n) is 4.52. The number of piperazine rings is 1. The summed E-state index contributed by atoms with van der Waals surface area (Å²) in [6.45, 7) is 4.68. The molecule has 0 aromatic carbocycles. The molecule has 2 rings (SSSR count). The average molecular weight is 280 g/mol. The van der Waals surface area contributed by atoms with Crippen LogP contribution < -0.4 is 10.6 Å². The number of halogens is 1. The standard InChI is InChI=1S/C13H17FN4O2/c1-3-15-11-10(14)9(4-5-16-11)13(20)18-7-6-17-12(19)8(18)2/h4-5,8H,3,6-7H2,1-2H3,(H,15,16)(H,17,19). The van der Waals surface area contributed by atoms with Crippen molar-refractivity contribution in [3.05, 3.63) is 23.6 Å². The number of carbonyl (C=O) groups is 2. The van der Waals surface area contributed by atoms with E-state index in [4.69, 9.17) is 0 Å². The monoisotopic (exact) mass is 280 g/mol. The molecular formula is C13H17FN4O2. The van der Waals surface area contributed by atoms with Crippen molar-refractivity contribution in [2.45, 2.75) is 19.9 Å². The first-order chi connectivity index (χ1) is 9.56. The Labute approximate surface area is 116 Å². The summed E-state index contributed by atoms with van der Waals surface area (Å²) >= 11 is 0. The number of rotatable bonds is 3. The van der Waals surface area contributed by atoms with Crippen LogP contribution >= 0.6 is 0 Å². The summed E-state index contributed by atoms with van der Waals surface area (Å²) < 4.78 is 14.2. The van der Waals surface area contributed by atoms with Crippen LogP contribution in [-0.4, -0.2) is 47.4 Å². The molecule has 1 saturated heterocycles. The third-order valence-corrected chi connectivity index (χ3v) is 3.22. The quantitative estimate of drug-likeness (QED) is 0.851. The molecular weight excluding hydrogens is 263 g/mol. The van der Waals surface area contributed by atoms with Crippen LogP contribution in [0, 0.1) is 5.82 Å². The lowest BCUT2D eigenvalue weighted by Crippen LogP contribution is -2.56. The van der Waals surface area contributed by atoms with Gasteiger partial charge in [-0.1, -0.05) is 0 Å². The Morgan fingerprint density at radius 1 is 1.65 bits per heavy atom. The zero-order chi connectivity index (χ0) is 14.7. The van der Waals surface area contributed by atoms with E-state index in [1.807, 2.05) is 6.92 Å². The van der Waals surface area contributed by atoms with E-state index in [1.165, 1.54) is 17.2 Å². The molecule has 0 bridgehead atoms. The minimum Gasteiger partial charge on any atom is -0.368 e. The molecule has 1 atom stereocenters. The molecule has 1 aromatic heterocycles. The van der Waals surface area contributed by atoms with Gasteiger partial charge in [0.25, 0.3) is 5.91 Å². The van der Waals surface area contributed by atoms with E-state index in [0.717, 1.165) is 0 Å². The van der Waals surface area contributed by atoms with E-state index in [2.05, 4.69) is 15.6 Å². The molecule has 1 aliphatic rings. The summed E-state index contributed by atoms with van der Waals surface area (Å²) in [4.78, 5) is 29.2. The largest absolute Gasteiger partial charge is 0.368 e. The van der Waals surface area contributed by atoms with Crippen LogP contribution in [-0.2, 0) is 4.79 Å². The summed E-state index contributed by atoms with van der Waals surface area (Å²) in [5.74, 6) is -1.36. The van der Waals surface area contributed by atoms with Crippen LogP contribution in [0.4, 0.5) is 10.2 Å². The molecule has 1 aliphatic heterocycles. The van der Waals surface area contributed by atoms with E-state index >= 15 is 0 Å². The van der Waals surface area contributed by atoms with Crippen molar-refractivity contribution in [1.29, 1.82) is 0 Å². The Morgan fingerprint density at radius 3 is 3.10 bits per heavy atom. The predicted octanol–water partition coefficient (Wildman–Crippen LogP) is 0.613. The van der Waals surface area contributed by atoms with Crippen LogP contribution in [0.5, 0.6) is 0 Å². The number of carbonyl (C=O) groups excluding carboxylic acids is 2. The molecule has 20 heavy (non-hydrogen) atoms. The first-order valence-electron chi connectivity index (χ1n) is 6.53. The molecule has 6 nitrogen and oxygen atoms in total. The third kappa shape index (κ3) is 2.56. The summed E-state index contributed by atoms with van der Waals surface area (Å²) in [7, 11) is 0. The lowest BCUT2D eigenvalue weighted by Gasteiger charge is -2.32. The van der Waals surface area contributed by atoms with E-state index in [0.29, 0.717) is 19.6 Å². The normalized spacial score (nSPS) is 18.6. The number of nitrogens with one attached hydrogen (secondary N) is 2. The maximum atomic E-state index is 14.2. The Hall–Kier alpha value is -2.18. The first-order valence-corrected chi connectivity index (χ1v) is 6.53. The number of nitrogens with zero attached hydrogens (tertiary/aromatic N) is 2. The summed E-state index contributed by atoms with van der Waals surface area (Å²) in [6.07, 6.45) is 1.38. The zero-order valence-electron chi connectivity index (χ0n) is 11.4. The molecule has 2 heterocycles. The maximum absolute atomic E-state index is 14.2. The molecule has 2 N–H and O–H groups in total. The number of hydrogen-bond donors (Lipinski definition) is 2. The highest BCUT2D eigenvalue weighted by atomic mass is 19.1. The molecule has 0 radical (unpaired) electrons. The smallest absolute Gasteiger partial charge is 0.257 e. The molecule has 0 aliphatic carbocycles. The average Bonchev–Trinajstić information content (AvgIpc) is 2.44. The number of anilines is 1. The molecule has 1 unspecified atom stereocenters. The van der Waals surface area contributed by atoms with E-state index in [1.54, 1.807) is 6.92 Å². The van der Waals surface area contributed by atoms with Crippen LogP contribution in [0.15, 0.2) is 12.3 Å². The Morgan fingerprint density at radius 2 is 2.40 bits per heavy atom. The van der Waals surface area contributed by atoms with Crippen molar-refractivity contribution < 1.29 is 14.0 Å². The van der Waals surface area contributed by atoms with Crippen LogP contribution in [0.25, 0.3) is 0 Å². The second-order valence-corrected chi connectivity index (χ2v) is 4.52. The Balaban J connectivity index is 2.29. The van der Waals surface area contributed by atoms with Crippen molar-refractivity contribution >= 4 is 17.6 Å². The zero-order valence-corrected chi connectivity index (χ0v) is 11.4. The minimum atomic E-state index is -0.683. The van der Waals surface area contributed by atoms with Gasteiger partial charge < -0.3 is 15.5 Å². The first kappa shape index (κ1) is 14.2. The van der Waals surface area contributed by atoms with Crippen LogP contribution in [0.2, 0.25) is 0 Å². The molecule has 7 heteroatoms. The highest BCUT2D eigenvalue weighted by Crippen LogP contribution is 2.18. The van der Waals surface area contributed by atoms with Gasteiger partial charge in [-0.25, -0.2) is 9.37 Å². The van der Waals surface area contributed by atoms with Gasteiger partial charge in [0, 0.05) is 25.8 Å². The van der Waals surface area contributed by atoms with Crippen molar-refractivity contribution in [3.63, 3.8) is 0 Å². The summed E-state index contributed by atoms with van der Waals surface area (Å²) in [6, 6.07) is 0.726. The molecule has 1 aromatic rings. The van der Waals surface area contributed by atoms with E-state index < -0.39 is 17.8 Å². The van der Waals surface area contributed by atoms with Gasteiger partial charge in [-0.2, -0.15) is 0 Å². The van der Waals surface area contributed by atoms with Gasteiger partial charge in [-0.15, -0.1) is 0 Å². The van der Waals surface area contributed by atoms with E-state index in [-0.39, 0.29) is 17.3 Å². The number of aromatic nitrogens is 1. The van der Waals surface area contributed by atoms with E-state index in [9.17, 15) is 14.0 Å². The van der Waals surface area contributed by atoms with Gasteiger partial charge in [-0.3, -0.25) is 9.59 Å². The van der Waals surface area contributed by atoms with Crippen molar-refractivity contribution in [2.24, 2.45) is 0 Å². The highest BCUT2D eigenvalue weighted by Gasteiger charge is 2.31. The maximum Gasteiger partial charge on any atom is 0.257 e. The molecule has 108 valence electrons. The van der Waals surface area contributed by atoms with Crippen molar-refractivity contribution in [3.8, 4) is 0 Å². The van der Waals surface area contributed by atoms with Gasteiger partial charge in [0.05, 0.1) is 5.56 Å². The lowest BCUT2D eigenvalue weighted by molar-refractivity contribution is -0.127. The van der Waals surface area contributed by atoms with Crippen molar-refractivity contribution in [1.82, 2.24) is 15.2 Å². The minimum absolute atomic E-state index is 0.0486. The van der Waals surface area contributed by atoms with Gasteiger partial charge in [0.15, 0.2) is 11.6 Å². The Bertz CT molecular complexity index is 535. The molecule has 2 amide bonds. The molecule has 0 spiro atoms. The predicted molar refractivity (Wildman–Crippen MR) is 71.9 cm³/mol. The van der Waals surface area contributed by atoms with Crippen molar-refractivity contribution in [2.75, 3.05) is 25.0 Å². The summed E-state index contributed by atoms with van der Waals surface area (Å²) in [5, 5.41) is 5.42. The fourth-order valence-corrected chi connectivity index (χ4v) is 2.11. The number of pyridine rings is 1. The van der Waals surface area contributed by atoms with Crippen LogP contribution in [0.1, 0.15) is 24.2 Å². The second kappa shape index (κ2) is 5.85. The topological polar surface area (TPSA) is 74.3 Å². The Kier molecular flexibility index (Phi) is 4.16. The SMILES string of the molecule is CCNc1nccc(C(=O)N2CCNC(=O)C2C)c1F. The number of amides is 2.